The Kier molecular flexibility index (Phi) is 5.31. The number of hydrogen-bond donors (Lipinski definition) is 0. The summed E-state index contributed by atoms with van der Waals surface area (Å²) in [5.74, 6) is 1.05. The third-order valence-corrected chi connectivity index (χ3v) is 5.69. The highest BCUT2D eigenvalue weighted by Gasteiger charge is 2.25. The lowest BCUT2D eigenvalue weighted by Gasteiger charge is -2.34. The van der Waals surface area contributed by atoms with Crippen molar-refractivity contribution in [3.63, 3.8) is 0 Å². The first-order valence-corrected chi connectivity index (χ1v) is 9.22. The summed E-state index contributed by atoms with van der Waals surface area (Å²) in [5, 5.41) is 2.09. The number of carbonyl (C=O) groups excluding carboxylic acids is 1. The summed E-state index contributed by atoms with van der Waals surface area (Å²) in [7, 11) is 0. The van der Waals surface area contributed by atoms with E-state index < -0.39 is 0 Å². The van der Waals surface area contributed by atoms with Crippen molar-refractivity contribution in [2.24, 2.45) is 5.92 Å². The molecule has 4 heteroatoms. The average molecular weight is 306 g/mol. The summed E-state index contributed by atoms with van der Waals surface area (Å²) in [5.41, 5.74) is 0. The molecule has 3 heterocycles. The maximum absolute atomic E-state index is 12.4. The molecule has 2 aliphatic heterocycles. The highest BCUT2D eigenvalue weighted by Crippen LogP contribution is 2.21. The maximum Gasteiger partial charge on any atom is 0.222 e. The molecule has 1 aromatic heterocycles. The molecule has 1 aromatic rings. The van der Waals surface area contributed by atoms with E-state index in [2.05, 4.69) is 27.3 Å². The third-order valence-electron chi connectivity index (χ3n) is 4.75. The van der Waals surface area contributed by atoms with E-state index in [-0.39, 0.29) is 0 Å². The highest BCUT2D eigenvalue weighted by atomic mass is 32.1. The zero-order chi connectivity index (χ0) is 14.5. The van der Waals surface area contributed by atoms with Crippen LogP contribution < -0.4 is 0 Å². The largest absolute Gasteiger partial charge is 0.342 e. The zero-order valence-electron chi connectivity index (χ0n) is 12.8. The zero-order valence-corrected chi connectivity index (χ0v) is 13.6. The first-order chi connectivity index (χ1) is 10.3. The topological polar surface area (TPSA) is 23.6 Å². The van der Waals surface area contributed by atoms with Gasteiger partial charge in [0.1, 0.15) is 0 Å². The lowest BCUT2D eigenvalue weighted by Crippen LogP contribution is -2.43. The van der Waals surface area contributed by atoms with Crippen molar-refractivity contribution in [3.05, 3.63) is 22.4 Å². The first-order valence-electron chi connectivity index (χ1n) is 8.34. The van der Waals surface area contributed by atoms with Gasteiger partial charge in [-0.25, -0.2) is 0 Å². The second-order valence-electron chi connectivity index (χ2n) is 6.44. The third kappa shape index (κ3) is 4.30. The number of rotatable bonds is 5. The molecule has 2 aliphatic rings. The van der Waals surface area contributed by atoms with Crippen LogP contribution in [0.1, 0.15) is 37.0 Å². The minimum absolute atomic E-state index is 0.356. The van der Waals surface area contributed by atoms with Gasteiger partial charge in [-0.3, -0.25) is 4.79 Å². The summed E-state index contributed by atoms with van der Waals surface area (Å²) < 4.78 is 0. The van der Waals surface area contributed by atoms with Gasteiger partial charge in [0.15, 0.2) is 0 Å². The predicted octanol–water partition coefficient (Wildman–Crippen LogP) is 3.02. The van der Waals surface area contributed by atoms with Crippen LogP contribution in [0.3, 0.4) is 0 Å². The molecule has 2 saturated heterocycles. The minimum atomic E-state index is 0.356. The van der Waals surface area contributed by atoms with Crippen LogP contribution in [0.25, 0.3) is 0 Å². The van der Waals surface area contributed by atoms with Gasteiger partial charge in [-0.15, -0.1) is 11.3 Å². The molecule has 0 radical (unpaired) electrons. The van der Waals surface area contributed by atoms with E-state index in [0.717, 1.165) is 19.5 Å². The van der Waals surface area contributed by atoms with Crippen molar-refractivity contribution in [3.8, 4) is 0 Å². The van der Waals surface area contributed by atoms with Crippen LogP contribution in [0.4, 0.5) is 0 Å². The Morgan fingerprint density at radius 2 is 2.10 bits per heavy atom. The smallest absolute Gasteiger partial charge is 0.222 e. The summed E-state index contributed by atoms with van der Waals surface area (Å²) >= 11 is 1.76. The number of thiophene rings is 1. The number of likely N-dealkylation sites (tertiary alicyclic amines) is 2. The standard InChI is InChI=1S/C17H26N2OS/c20-17(8-7-16-6-4-12-21-16)19-11-3-5-15(14-19)13-18-9-1-2-10-18/h4,6,12,15H,1-3,5,7-11,13-14H2. The van der Waals surface area contributed by atoms with Crippen LogP contribution in [0.5, 0.6) is 0 Å². The summed E-state index contributed by atoms with van der Waals surface area (Å²) in [4.78, 5) is 18.4. The van der Waals surface area contributed by atoms with Crippen molar-refractivity contribution in [2.75, 3.05) is 32.7 Å². The fraction of sp³-hybridized carbons (Fsp3) is 0.706. The van der Waals surface area contributed by atoms with Gasteiger partial charge < -0.3 is 9.80 Å². The van der Waals surface area contributed by atoms with Crippen LogP contribution in [0.15, 0.2) is 17.5 Å². The fourth-order valence-electron chi connectivity index (χ4n) is 3.61. The van der Waals surface area contributed by atoms with E-state index in [1.165, 1.54) is 50.2 Å². The van der Waals surface area contributed by atoms with Crippen LogP contribution in [-0.4, -0.2) is 48.4 Å². The van der Waals surface area contributed by atoms with Crippen molar-refractivity contribution in [1.82, 2.24) is 9.80 Å². The lowest BCUT2D eigenvalue weighted by atomic mass is 9.97. The normalized spacial score (nSPS) is 23.6. The van der Waals surface area contributed by atoms with Gasteiger partial charge in [0, 0.05) is 30.9 Å². The van der Waals surface area contributed by atoms with Gasteiger partial charge >= 0.3 is 0 Å². The maximum atomic E-state index is 12.4. The number of carbonyl (C=O) groups is 1. The summed E-state index contributed by atoms with van der Waals surface area (Å²) in [6.45, 7) is 5.69. The van der Waals surface area contributed by atoms with E-state index in [4.69, 9.17) is 0 Å². The molecule has 116 valence electrons. The monoisotopic (exact) mass is 306 g/mol. The van der Waals surface area contributed by atoms with Crippen molar-refractivity contribution >= 4 is 17.2 Å². The molecule has 0 saturated carbocycles. The van der Waals surface area contributed by atoms with Crippen LogP contribution >= 0.6 is 11.3 Å². The molecule has 0 spiro atoms. The fourth-order valence-corrected chi connectivity index (χ4v) is 4.32. The Morgan fingerprint density at radius 1 is 1.24 bits per heavy atom. The van der Waals surface area contributed by atoms with Gasteiger partial charge in [0.2, 0.25) is 5.91 Å². The Morgan fingerprint density at radius 3 is 2.86 bits per heavy atom. The number of hydrogen-bond acceptors (Lipinski definition) is 3. The molecular formula is C17H26N2OS. The molecule has 21 heavy (non-hydrogen) atoms. The van der Waals surface area contributed by atoms with Crippen LogP contribution in [-0.2, 0) is 11.2 Å². The Balaban J connectivity index is 1.44. The summed E-state index contributed by atoms with van der Waals surface area (Å²) in [6.07, 6.45) is 6.78. The number of amides is 1. The molecule has 0 N–H and O–H groups in total. The van der Waals surface area contributed by atoms with Gasteiger partial charge in [-0.1, -0.05) is 6.07 Å². The van der Waals surface area contributed by atoms with E-state index in [0.29, 0.717) is 18.2 Å². The number of piperidine rings is 1. The molecule has 1 atom stereocenters. The highest BCUT2D eigenvalue weighted by molar-refractivity contribution is 7.09. The molecule has 1 amide bonds. The Labute approximate surface area is 131 Å². The number of aryl methyl sites for hydroxylation is 1. The van der Waals surface area contributed by atoms with Gasteiger partial charge in [-0.2, -0.15) is 0 Å². The van der Waals surface area contributed by atoms with Crippen LogP contribution in [0.2, 0.25) is 0 Å². The van der Waals surface area contributed by atoms with E-state index >= 15 is 0 Å². The number of nitrogens with zero attached hydrogens (tertiary/aromatic N) is 2. The second kappa shape index (κ2) is 7.41. The Bertz CT molecular complexity index is 440. The lowest BCUT2D eigenvalue weighted by molar-refractivity contribution is -0.133. The van der Waals surface area contributed by atoms with Crippen molar-refractivity contribution < 1.29 is 4.79 Å². The van der Waals surface area contributed by atoms with Crippen LogP contribution in [0, 0.1) is 5.92 Å². The molecule has 3 nitrogen and oxygen atoms in total. The minimum Gasteiger partial charge on any atom is -0.342 e. The molecule has 3 rings (SSSR count). The summed E-state index contributed by atoms with van der Waals surface area (Å²) in [6, 6.07) is 4.20. The average Bonchev–Trinajstić information content (AvgIpc) is 3.18. The SMILES string of the molecule is O=C(CCc1cccs1)N1CCCC(CN2CCCC2)C1. The van der Waals surface area contributed by atoms with E-state index in [1.807, 2.05) is 0 Å². The van der Waals surface area contributed by atoms with Gasteiger partial charge in [0.25, 0.3) is 0 Å². The first kappa shape index (κ1) is 15.0. The predicted molar refractivity (Wildman–Crippen MR) is 87.6 cm³/mol. The molecule has 0 aromatic carbocycles. The molecule has 2 fully saturated rings. The van der Waals surface area contributed by atoms with Gasteiger partial charge in [0.05, 0.1) is 0 Å². The second-order valence-corrected chi connectivity index (χ2v) is 7.47. The molecule has 1 unspecified atom stereocenters. The Hall–Kier alpha value is -0.870. The van der Waals surface area contributed by atoms with E-state index in [1.54, 1.807) is 11.3 Å². The molecule has 0 bridgehead atoms. The van der Waals surface area contributed by atoms with Crippen molar-refractivity contribution in [1.29, 1.82) is 0 Å². The van der Waals surface area contributed by atoms with E-state index in [9.17, 15) is 4.79 Å². The quantitative estimate of drug-likeness (QED) is 0.835. The van der Waals surface area contributed by atoms with Crippen molar-refractivity contribution in [2.45, 2.75) is 38.5 Å². The molecule has 0 aliphatic carbocycles. The van der Waals surface area contributed by atoms with Gasteiger partial charge in [-0.05, 0) is 62.6 Å². The molecular weight excluding hydrogens is 280 g/mol.